The summed E-state index contributed by atoms with van der Waals surface area (Å²) in [7, 11) is 0. The highest BCUT2D eigenvalue weighted by Crippen LogP contribution is 2.22. The van der Waals surface area contributed by atoms with E-state index in [0.717, 1.165) is 16.8 Å². The van der Waals surface area contributed by atoms with E-state index in [1.807, 2.05) is 19.1 Å². The van der Waals surface area contributed by atoms with E-state index in [4.69, 9.17) is 5.73 Å². The molecule has 0 aliphatic heterocycles. The predicted octanol–water partition coefficient (Wildman–Crippen LogP) is 2.78. The van der Waals surface area contributed by atoms with Gasteiger partial charge >= 0.3 is 0 Å². The molecule has 2 aromatic rings. The minimum Gasteiger partial charge on any atom is -0.399 e. The molecule has 15 heavy (non-hydrogen) atoms. The second-order valence-corrected chi connectivity index (χ2v) is 3.46. The minimum absolute atomic E-state index is 0.328. The molecule has 1 aromatic heterocycles. The van der Waals surface area contributed by atoms with Crippen LogP contribution >= 0.6 is 0 Å². The van der Waals surface area contributed by atoms with E-state index < -0.39 is 0 Å². The molecule has 0 aliphatic carbocycles. The van der Waals surface area contributed by atoms with Crippen LogP contribution in [-0.4, -0.2) is 4.98 Å². The van der Waals surface area contributed by atoms with E-state index in [1.54, 1.807) is 12.3 Å². The van der Waals surface area contributed by atoms with Gasteiger partial charge in [0.25, 0.3) is 0 Å². The van der Waals surface area contributed by atoms with Crippen LogP contribution in [0.15, 0.2) is 36.5 Å². The van der Waals surface area contributed by atoms with E-state index in [2.05, 4.69) is 4.98 Å². The van der Waals surface area contributed by atoms with Crippen LogP contribution < -0.4 is 5.73 Å². The Kier molecular flexibility index (Phi) is 2.37. The molecule has 76 valence electrons. The van der Waals surface area contributed by atoms with Crippen molar-refractivity contribution in [1.82, 2.24) is 4.98 Å². The largest absolute Gasteiger partial charge is 0.399 e. The fourth-order valence-electron chi connectivity index (χ4n) is 1.42. The maximum atomic E-state index is 13.1. The zero-order valence-electron chi connectivity index (χ0n) is 8.37. The van der Waals surface area contributed by atoms with Crippen molar-refractivity contribution in [1.29, 1.82) is 0 Å². The molecular weight excluding hydrogens is 191 g/mol. The van der Waals surface area contributed by atoms with Crippen molar-refractivity contribution in [3.8, 4) is 11.1 Å². The molecule has 0 atom stereocenters. The number of halogens is 1. The first-order chi connectivity index (χ1) is 7.15. The molecule has 2 rings (SSSR count). The Labute approximate surface area is 87.6 Å². The Hall–Kier alpha value is -1.90. The van der Waals surface area contributed by atoms with E-state index in [-0.39, 0.29) is 5.82 Å². The van der Waals surface area contributed by atoms with Gasteiger partial charge in [-0.1, -0.05) is 6.07 Å². The maximum Gasteiger partial charge on any atom is 0.125 e. The lowest BCUT2D eigenvalue weighted by atomic mass is 10.1. The van der Waals surface area contributed by atoms with Crippen LogP contribution in [0.1, 0.15) is 5.69 Å². The van der Waals surface area contributed by atoms with Gasteiger partial charge < -0.3 is 5.73 Å². The zero-order chi connectivity index (χ0) is 10.8. The lowest BCUT2D eigenvalue weighted by molar-refractivity contribution is 0.629. The topological polar surface area (TPSA) is 38.9 Å². The fourth-order valence-corrected chi connectivity index (χ4v) is 1.42. The van der Waals surface area contributed by atoms with Crippen molar-refractivity contribution in [3.63, 3.8) is 0 Å². The minimum atomic E-state index is -0.328. The number of nitrogen functional groups attached to an aromatic ring is 1. The summed E-state index contributed by atoms with van der Waals surface area (Å²) in [4.78, 5) is 4.15. The summed E-state index contributed by atoms with van der Waals surface area (Å²) < 4.78 is 13.1. The maximum absolute atomic E-state index is 13.1. The first kappa shape index (κ1) is 9.65. The van der Waals surface area contributed by atoms with Gasteiger partial charge in [-0.15, -0.1) is 0 Å². The molecular formula is C12H11FN2. The van der Waals surface area contributed by atoms with Gasteiger partial charge in [-0.3, -0.25) is 4.98 Å². The number of nitrogens with two attached hydrogens (primary N) is 1. The van der Waals surface area contributed by atoms with Crippen LogP contribution in [0.4, 0.5) is 10.1 Å². The average molecular weight is 202 g/mol. The highest BCUT2D eigenvalue weighted by Gasteiger charge is 2.01. The number of rotatable bonds is 1. The van der Waals surface area contributed by atoms with Gasteiger partial charge in [0.05, 0.1) is 0 Å². The van der Waals surface area contributed by atoms with E-state index in [0.29, 0.717) is 5.69 Å². The summed E-state index contributed by atoms with van der Waals surface area (Å²) in [6.45, 7) is 1.91. The Morgan fingerprint density at radius 2 is 1.93 bits per heavy atom. The van der Waals surface area contributed by atoms with Crippen molar-refractivity contribution < 1.29 is 4.39 Å². The summed E-state index contributed by atoms with van der Waals surface area (Å²) in [5, 5.41) is 0. The number of benzene rings is 1. The third kappa shape index (κ3) is 2.13. The molecule has 0 amide bonds. The monoisotopic (exact) mass is 202 g/mol. The van der Waals surface area contributed by atoms with Crippen LogP contribution in [0.25, 0.3) is 11.1 Å². The quantitative estimate of drug-likeness (QED) is 0.722. The van der Waals surface area contributed by atoms with Crippen molar-refractivity contribution in [2.45, 2.75) is 6.92 Å². The number of anilines is 1. The SMILES string of the molecule is Cc1ccc(-c2cc(N)cc(F)c2)cn1. The lowest BCUT2D eigenvalue weighted by Crippen LogP contribution is -1.89. The second kappa shape index (κ2) is 3.69. The van der Waals surface area contributed by atoms with Crippen LogP contribution in [0.2, 0.25) is 0 Å². The van der Waals surface area contributed by atoms with Crippen molar-refractivity contribution >= 4 is 5.69 Å². The van der Waals surface area contributed by atoms with Gasteiger partial charge in [-0.25, -0.2) is 4.39 Å². The van der Waals surface area contributed by atoms with Crippen LogP contribution in [0.5, 0.6) is 0 Å². The molecule has 0 bridgehead atoms. The van der Waals surface area contributed by atoms with E-state index >= 15 is 0 Å². The Bertz CT molecular complexity index is 457. The van der Waals surface area contributed by atoms with E-state index in [9.17, 15) is 4.39 Å². The molecule has 0 radical (unpaired) electrons. The number of nitrogens with zero attached hydrogens (tertiary/aromatic N) is 1. The molecule has 0 saturated heterocycles. The first-order valence-corrected chi connectivity index (χ1v) is 4.64. The highest BCUT2D eigenvalue weighted by molar-refractivity contribution is 5.66. The predicted molar refractivity (Wildman–Crippen MR) is 58.8 cm³/mol. The first-order valence-electron chi connectivity index (χ1n) is 4.64. The Morgan fingerprint density at radius 3 is 2.53 bits per heavy atom. The summed E-state index contributed by atoms with van der Waals surface area (Å²) in [5.74, 6) is -0.328. The number of hydrogen-bond acceptors (Lipinski definition) is 2. The summed E-state index contributed by atoms with van der Waals surface area (Å²) in [5.41, 5.74) is 8.54. The number of aromatic nitrogens is 1. The van der Waals surface area contributed by atoms with Crippen molar-refractivity contribution in [2.24, 2.45) is 0 Å². The van der Waals surface area contributed by atoms with Gasteiger partial charge in [0.2, 0.25) is 0 Å². The third-order valence-corrected chi connectivity index (χ3v) is 2.16. The Balaban J connectivity index is 2.49. The smallest absolute Gasteiger partial charge is 0.125 e. The van der Waals surface area contributed by atoms with Crippen molar-refractivity contribution in [2.75, 3.05) is 5.73 Å². The second-order valence-electron chi connectivity index (χ2n) is 3.46. The summed E-state index contributed by atoms with van der Waals surface area (Å²) in [6.07, 6.45) is 1.71. The molecule has 0 saturated carbocycles. The number of pyridine rings is 1. The molecule has 3 heteroatoms. The molecule has 0 unspecified atom stereocenters. The fraction of sp³-hybridized carbons (Fsp3) is 0.0833. The average Bonchev–Trinajstić information content (AvgIpc) is 2.17. The number of hydrogen-bond donors (Lipinski definition) is 1. The summed E-state index contributed by atoms with van der Waals surface area (Å²) >= 11 is 0. The Morgan fingerprint density at radius 1 is 1.13 bits per heavy atom. The molecule has 0 spiro atoms. The zero-order valence-corrected chi connectivity index (χ0v) is 8.37. The van der Waals surface area contributed by atoms with Crippen molar-refractivity contribution in [3.05, 3.63) is 48.0 Å². The molecule has 0 aliphatic rings. The highest BCUT2D eigenvalue weighted by atomic mass is 19.1. The van der Waals surface area contributed by atoms with E-state index in [1.165, 1.54) is 12.1 Å². The molecule has 2 N–H and O–H groups in total. The number of aryl methyl sites for hydroxylation is 1. The molecule has 0 fully saturated rings. The molecule has 1 heterocycles. The molecule has 2 nitrogen and oxygen atoms in total. The van der Waals surface area contributed by atoms with Gasteiger partial charge in [0, 0.05) is 23.1 Å². The van der Waals surface area contributed by atoms with Gasteiger partial charge in [0.1, 0.15) is 5.82 Å². The standard InChI is InChI=1S/C12H11FN2/c1-8-2-3-9(7-15-8)10-4-11(13)6-12(14)5-10/h2-7H,14H2,1H3. The van der Waals surface area contributed by atoms with Gasteiger partial charge in [-0.2, -0.15) is 0 Å². The van der Waals surface area contributed by atoms with Gasteiger partial charge in [-0.05, 0) is 36.8 Å². The van der Waals surface area contributed by atoms with Crippen LogP contribution in [-0.2, 0) is 0 Å². The lowest BCUT2D eigenvalue weighted by Gasteiger charge is -2.03. The molecule has 1 aromatic carbocycles. The van der Waals surface area contributed by atoms with Gasteiger partial charge in [0.15, 0.2) is 0 Å². The normalized spacial score (nSPS) is 10.3. The summed E-state index contributed by atoms with van der Waals surface area (Å²) in [6, 6.07) is 8.26. The third-order valence-electron chi connectivity index (χ3n) is 2.16. The van der Waals surface area contributed by atoms with Crippen LogP contribution in [0.3, 0.4) is 0 Å². The van der Waals surface area contributed by atoms with Crippen LogP contribution in [0, 0.1) is 12.7 Å².